The highest BCUT2D eigenvalue weighted by Crippen LogP contribution is 2.23. The van der Waals surface area contributed by atoms with Crippen molar-refractivity contribution in [1.29, 1.82) is 5.26 Å². The Balaban J connectivity index is 1.95. The maximum atomic E-state index is 12.3. The molecule has 0 saturated heterocycles. The van der Waals surface area contributed by atoms with Gasteiger partial charge in [0.05, 0.1) is 6.20 Å². The Labute approximate surface area is 129 Å². The summed E-state index contributed by atoms with van der Waals surface area (Å²) in [6.07, 6.45) is 1.21. The van der Waals surface area contributed by atoms with Crippen molar-refractivity contribution in [3.05, 3.63) is 52.9 Å². The van der Waals surface area contributed by atoms with Gasteiger partial charge in [0, 0.05) is 16.7 Å². The van der Waals surface area contributed by atoms with Crippen LogP contribution in [-0.2, 0) is 0 Å². The molecule has 22 heavy (non-hydrogen) atoms. The van der Waals surface area contributed by atoms with Crippen LogP contribution in [0.15, 0.2) is 41.1 Å². The minimum absolute atomic E-state index is 0.0470. The fourth-order valence-corrected chi connectivity index (χ4v) is 2.06. The summed E-state index contributed by atoms with van der Waals surface area (Å²) in [4.78, 5) is 12.3. The van der Waals surface area contributed by atoms with Crippen molar-refractivity contribution >= 4 is 23.3 Å². The zero-order chi connectivity index (χ0) is 15.7. The zero-order valence-electron chi connectivity index (χ0n) is 11.0. The molecule has 0 spiro atoms. The molecular weight excluding hydrogens is 306 g/mol. The molecule has 0 aliphatic rings. The van der Waals surface area contributed by atoms with Crippen LogP contribution in [0.25, 0.3) is 11.3 Å². The van der Waals surface area contributed by atoms with Gasteiger partial charge in [-0.1, -0.05) is 28.9 Å². The number of nitrogen functional groups attached to an aromatic ring is 1. The maximum absolute atomic E-state index is 12.3. The Hall–Kier alpha value is -3.11. The van der Waals surface area contributed by atoms with Crippen molar-refractivity contribution in [2.24, 2.45) is 0 Å². The molecule has 0 radical (unpaired) electrons. The molecule has 3 rings (SSSR count). The SMILES string of the molecule is N#Cc1cnn(C(=O)c2cc(-c3cccc(Cl)c3)no2)c1N. The molecule has 2 aromatic heterocycles. The molecule has 3 aromatic rings. The van der Waals surface area contributed by atoms with Gasteiger partial charge in [-0.25, -0.2) is 0 Å². The second kappa shape index (κ2) is 5.35. The molecule has 1 aromatic carbocycles. The minimum atomic E-state index is -0.611. The number of nitrogens with zero attached hydrogens (tertiary/aromatic N) is 4. The van der Waals surface area contributed by atoms with E-state index in [1.807, 2.05) is 6.07 Å². The fraction of sp³-hybridized carbons (Fsp3) is 0. The molecule has 108 valence electrons. The van der Waals surface area contributed by atoms with Crippen molar-refractivity contribution in [2.45, 2.75) is 0 Å². The van der Waals surface area contributed by atoms with Gasteiger partial charge in [-0.3, -0.25) is 4.79 Å². The van der Waals surface area contributed by atoms with Crippen LogP contribution >= 0.6 is 11.6 Å². The maximum Gasteiger partial charge on any atom is 0.318 e. The first-order chi connectivity index (χ1) is 10.6. The van der Waals surface area contributed by atoms with Gasteiger partial charge in [0.25, 0.3) is 0 Å². The number of carbonyl (C=O) groups excluding carboxylic acids is 1. The van der Waals surface area contributed by atoms with E-state index in [1.165, 1.54) is 12.3 Å². The van der Waals surface area contributed by atoms with Crippen LogP contribution in [0.2, 0.25) is 5.02 Å². The highest BCUT2D eigenvalue weighted by molar-refractivity contribution is 6.30. The number of hydrogen-bond donors (Lipinski definition) is 1. The number of nitriles is 1. The average molecular weight is 314 g/mol. The summed E-state index contributed by atoms with van der Waals surface area (Å²) < 4.78 is 5.92. The van der Waals surface area contributed by atoms with Gasteiger partial charge < -0.3 is 10.3 Å². The standard InChI is InChI=1S/C14H8ClN5O2/c15-10-3-1-2-8(4-10)11-5-12(22-19-11)14(21)20-13(17)9(6-16)7-18-20/h1-5,7H,17H2. The summed E-state index contributed by atoms with van der Waals surface area (Å²) in [5.41, 5.74) is 6.95. The van der Waals surface area contributed by atoms with E-state index in [0.717, 1.165) is 4.68 Å². The predicted molar refractivity (Wildman–Crippen MR) is 78.0 cm³/mol. The third-order valence-electron chi connectivity index (χ3n) is 2.96. The lowest BCUT2D eigenvalue weighted by molar-refractivity contribution is 0.0911. The Morgan fingerprint density at radius 3 is 2.91 bits per heavy atom. The highest BCUT2D eigenvalue weighted by atomic mass is 35.5. The van der Waals surface area contributed by atoms with Gasteiger partial charge in [-0.15, -0.1) is 0 Å². The van der Waals surface area contributed by atoms with Gasteiger partial charge >= 0.3 is 5.91 Å². The van der Waals surface area contributed by atoms with E-state index in [1.54, 1.807) is 24.3 Å². The van der Waals surface area contributed by atoms with E-state index in [2.05, 4.69) is 10.3 Å². The molecule has 0 unspecified atom stereocenters. The Morgan fingerprint density at radius 2 is 2.23 bits per heavy atom. The first-order valence-corrected chi connectivity index (χ1v) is 6.49. The lowest BCUT2D eigenvalue weighted by Gasteiger charge is -1.98. The summed E-state index contributed by atoms with van der Waals surface area (Å²) >= 11 is 5.91. The van der Waals surface area contributed by atoms with E-state index in [9.17, 15) is 4.79 Å². The topological polar surface area (TPSA) is 111 Å². The van der Waals surface area contributed by atoms with Crippen molar-refractivity contribution in [3.63, 3.8) is 0 Å². The number of nitrogens with two attached hydrogens (primary N) is 1. The van der Waals surface area contributed by atoms with E-state index in [0.29, 0.717) is 16.3 Å². The third kappa shape index (κ3) is 2.32. The third-order valence-corrected chi connectivity index (χ3v) is 3.20. The lowest BCUT2D eigenvalue weighted by Crippen LogP contribution is -2.15. The second-order valence-electron chi connectivity index (χ2n) is 4.36. The molecule has 8 heteroatoms. The van der Waals surface area contributed by atoms with Crippen molar-refractivity contribution < 1.29 is 9.32 Å². The number of benzene rings is 1. The van der Waals surface area contributed by atoms with Crippen LogP contribution in [0.3, 0.4) is 0 Å². The van der Waals surface area contributed by atoms with Gasteiger partial charge in [-0.2, -0.15) is 15.0 Å². The van der Waals surface area contributed by atoms with Crippen molar-refractivity contribution in [2.75, 3.05) is 5.73 Å². The second-order valence-corrected chi connectivity index (χ2v) is 4.80. The van der Waals surface area contributed by atoms with E-state index in [4.69, 9.17) is 27.1 Å². The van der Waals surface area contributed by atoms with Crippen LogP contribution in [0.5, 0.6) is 0 Å². The summed E-state index contributed by atoms with van der Waals surface area (Å²) in [6, 6.07) is 10.3. The molecule has 0 amide bonds. The van der Waals surface area contributed by atoms with Gasteiger partial charge in [0.15, 0.2) is 0 Å². The number of rotatable bonds is 2. The molecule has 0 bridgehead atoms. The van der Waals surface area contributed by atoms with Crippen molar-refractivity contribution in [1.82, 2.24) is 14.9 Å². The number of halogens is 1. The molecule has 0 fully saturated rings. The smallest absolute Gasteiger partial charge is 0.318 e. The first-order valence-electron chi connectivity index (χ1n) is 6.11. The summed E-state index contributed by atoms with van der Waals surface area (Å²) in [5.74, 6) is -0.706. The number of carbonyl (C=O) groups is 1. The zero-order valence-corrected chi connectivity index (χ0v) is 11.8. The van der Waals surface area contributed by atoms with Crippen LogP contribution in [0.1, 0.15) is 16.1 Å². The molecule has 7 nitrogen and oxygen atoms in total. The predicted octanol–water partition coefficient (Wildman–Crippen LogP) is 2.33. The largest absolute Gasteiger partial charge is 0.382 e. The molecular formula is C14H8ClN5O2. The normalized spacial score (nSPS) is 10.4. The monoisotopic (exact) mass is 313 g/mol. The van der Waals surface area contributed by atoms with Gasteiger partial charge in [0.2, 0.25) is 5.76 Å². The van der Waals surface area contributed by atoms with Crippen LogP contribution < -0.4 is 5.73 Å². The Kier molecular flexibility index (Phi) is 3.37. The van der Waals surface area contributed by atoms with Crippen LogP contribution in [0.4, 0.5) is 5.82 Å². The molecule has 2 N–H and O–H groups in total. The fourth-order valence-electron chi connectivity index (χ4n) is 1.87. The minimum Gasteiger partial charge on any atom is -0.382 e. The van der Waals surface area contributed by atoms with Crippen LogP contribution in [-0.4, -0.2) is 20.8 Å². The summed E-state index contributed by atoms with van der Waals surface area (Å²) in [6.45, 7) is 0. The quantitative estimate of drug-likeness (QED) is 0.777. The molecule has 0 saturated carbocycles. The molecule has 0 aliphatic carbocycles. The average Bonchev–Trinajstić information content (AvgIpc) is 3.13. The van der Waals surface area contributed by atoms with Crippen molar-refractivity contribution in [3.8, 4) is 17.3 Å². The highest BCUT2D eigenvalue weighted by Gasteiger charge is 2.20. The Bertz CT molecular complexity index is 906. The van der Waals surface area contributed by atoms with Crippen LogP contribution in [0, 0.1) is 11.3 Å². The summed E-state index contributed by atoms with van der Waals surface area (Å²) in [5, 5.41) is 17.0. The van der Waals surface area contributed by atoms with E-state index < -0.39 is 5.91 Å². The van der Waals surface area contributed by atoms with Gasteiger partial charge in [-0.05, 0) is 12.1 Å². The molecule has 0 aliphatic heterocycles. The number of anilines is 1. The van der Waals surface area contributed by atoms with E-state index >= 15 is 0 Å². The lowest BCUT2D eigenvalue weighted by atomic mass is 10.1. The first kappa shape index (κ1) is 13.9. The number of aromatic nitrogens is 3. The molecule has 0 atom stereocenters. The van der Waals surface area contributed by atoms with E-state index in [-0.39, 0.29) is 17.1 Å². The molecule has 2 heterocycles. The summed E-state index contributed by atoms with van der Waals surface area (Å²) in [7, 11) is 0. The Morgan fingerprint density at radius 1 is 1.41 bits per heavy atom. The number of hydrogen-bond acceptors (Lipinski definition) is 6. The van der Waals surface area contributed by atoms with Gasteiger partial charge in [0.1, 0.15) is 23.1 Å².